The fourth-order valence-electron chi connectivity index (χ4n) is 2.81. The van der Waals surface area contributed by atoms with Crippen LogP contribution in [-0.4, -0.2) is 49.1 Å². The molecule has 0 atom stereocenters. The highest BCUT2D eigenvalue weighted by molar-refractivity contribution is 4.71. The van der Waals surface area contributed by atoms with E-state index in [-0.39, 0.29) is 0 Å². The zero-order valence-corrected chi connectivity index (χ0v) is 10.2. The van der Waals surface area contributed by atoms with Gasteiger partial charge < -0.3 is 9.80 Å². The summed E-state index contributed by atoms with van der Waals surface area (Å²) in [7, 11) is 0. The molecule has 2 heterocycles. The van der Waals surface area contributed by atoms with Gasteiger partial charge in [0, 0.05) is 0 Å². The van der Waals surface area contributed by atoms with Crippen molar-refractivity contribution in [2.45, 2.75) is 39.0 Å². The summed E-state index contributed by atoms with van der Waals surface area (Å²) in [6.45, 7) is 10.5. The number of rotatable bonds is 4. The average molecular weight is 210 g/mol. The first-order valence-electron chi connectivity index (χ1n) is 6.79. The normalized spacial score (nSPS) is 26.2. The molecule has 2 aliphatic heterocycles. The van der Waals surface area contributed by atoms with Crippen molar-refractivity contribution in [3.63, 3.8) is 0 Å². The third-order valence-electron chi connectivity index (χ3n) is 4.02. The predicted molar refractivity (Wildman–Crippen MR) is 65.1 cm³/mol. The number of hydrogen-bond acceptors (Lipinski definition) is 2. The lowest BCUT2D eigenvalue weighted by Crippen LogP contribution is -2.35. The lowest BCUT2D eigenvalue weighted by molar-refractivity contribution is 0.182. The molecule has 0 saturated carbocycles. The van der Waals surface area contributed by atoms with E-state index in [2.05, 4.69) is 16.7 Å². The van der Waals surface area contributed by atoms with Crippen LogP contribution in [0.3, 0.4) is 0 Å². The molecule has 0 radical (unpaired) electrons. The van der Waals surface area contributed by atoms with Gasteiger partial charge >= 0.3 is 0 Å². The standard InChI is InChI=1S/C13H26N2/c1-13-5-11-15(12-6-13)10-4-9-14-7-2-3-8-14/h13H,2-12H2,1H3. The van der Waals surface area contributed by atoms with Crippen molar-refractivity contribution in [3.05, 3.63) is 0 Å². The Kier molecular flexibility index (Phi) is 4.45. The molecule has 2 nitrogen and oxygen atoms in total. The SMILES string of the molecule is CC1CCN(CCCN2CCCC2)CC1. The second-order valence-corrected chi connectivity index (χ2v) is 5.43. The Morgan fingerprint density at radius 3 is 2.00 bits per heavy atom. The van der Waals surface area contributed by atoms with Gasteiger partial charge in [-0.3, -0.25) is 0 Å². The van der Waals surface area contributed by atoms with Gasteiger partial charge in [0.2, 0.25) is 0 Å². The van der Waals surface area contributed by atoms with Crippen molar-refractivity contribution in [2.75, 3.05) is 39.3 Å². The van der Waals surface area contributed by atoms with Gasteiger partial charge in [-0.05, 0) is 77.3 Å². The molecule has 2 aliphatic rings. The Morgan fingerprint density at radius 1 is 0.867 bits per heavy atom. The highest BCUT2D eigenvalue weighted by atomic mass is 15.2. The number of likely N-dealkylation sites (tertiary alicyclic amines) is 2. The molecule has 0 aromatic carbocycles. The maximum atomic E-state index is 2.66. The number of piperidine rings is 1. The molecule has 0 bridgehead atoms. The second-order valence-electron chi connectivity index (χ2n) is 5.43. The van der Waals surface area contributed by atoms with Crippen LogP contribution in [0.5, 0.6) is 0 Å². The van der Waals surface area contributed by atoms with Gasteiger partial charge in [0.05, 0.1) is 0 Å². The summed E-state index contributed by atoms with van der Waals surface area (Å²) in [5.74, 6) is 0.972. The van der Waals surface area contributed by atoms with E-state index in [1.807, 2.05) is 0 Å². The molecule has 0 amide bonds. The lowest BCUT2D eigenvalue weighted by atomic mass is 9.99. The molecule has 0 unspecified atom stereocenters. The molecule has 2 saturated heterocycles. The first-order valence-corrected chi connectivity index (χ1v) is 6.79. The predicted octanol–water partition coefficient (Wildman–Crippen LogP) is 2.20. The molecule has 2 heteroatoms. The minimum Gasteiger partial charge on any atom is -0.303 e. The minimum absolute atomic E-state index is 0.972. The van der Waals surface area contributed by atoms with Gasteiger partial charge in [-0.1, -0.05) is 6.92 Å². The summed E-state index contributed by atoms with van der Waals surface area (Å²) in [6, 6.07) is 0. The molecule has 0 aromatic rings. The second kappa shape index (κ2) is 5.86. The van der Waals surface area contributed by atoms with Crippen molar-refractivity contribution in [2.24, 2.45) is 5.92 Å². The van der Waals surface area contributed by atoms with Gasteiger partial charge in [-0.25, -0.2) is 0 Å². The summed E-state index contributed by atoms with van der Waals surface area (Å²) in [5.41, 5.74) is 0. The number of nitrogens with zero attached hydrogens (tertiary/aromatic N) is 2. The van der Waals surface area contributed by atoms with Crippen LogP contribution < -0.4 is 0 Å². The van der Waals surface area contributed by atoms with Crippen molar-refractivity contribution in [1.29, 1.82) is 0 Å². The molecular weight excluding hydrogens is 184 g/mol. The monoisotopic (exact) mass is 210 g/mol. The molecule has 0 aromatic heterocycles. The van der Waals surface area contributed by atoms with Crippen LogP contribution in [-0.2, 0) is 0 Å². The van der Waals surface area contributed by atoms with Gasteiger partial charge in [0.1, 0.15) is 0 Å². The van der Waals surface area contributed by atoms with Crippen LogP contribution in [0.2, 0.25) is 0 Å². The van der Waals surface area contributed by atoms with Crippen LogP contribution in [0.4, 0.5) is 0 Å². The summed E-state index contributed by atoms with van der Waals surface area (Å²) < 4.78 is 0. The first-order chi connectivity index (χ1) is 7.34. The van der Waals surface area contributed by atoms with E-state index in [9.17, 15) is 0 Å². The Hall–Kier alpha value is -0.0800. The van der Waals surface area contributed by atoms with Crippen LogP contribution in [0.15, 0.2) is 0 Å². The molecular formula is C13H26N2. The Labute approximate surface area is 94.6 Å². The molecule has 2 rings (SSSR count). The van der Waals surface area contributed by atoms with Crippen LogP contribution in [0.1, 0.15) is 39.0 Å². The summed E-state index contributed by atoms with van der Waals surface area (Å²) in [4.78, 5) is 5.29. The maximum absolute atomic E-state index is 2.66. The summed E-state index contributed by atoms with van der Waals surface area (Å²) >= 11 is 0. The zero-order valence-electron chi connectivity index (χ0n) is 10.2. The lowest BCUT2D eigenvalue weighted by Gasteiger charge is -2.30. The van der Waals surface area contributed by atoms with Gasteiger partial charge in [0.25, 0.3) is 0 Å². The smallest absolute Gasteiger partial charge is 0.000654 e. The van der Waals surface area contributed by atoms with E-state index in [1.165, 1.54) is 71.4 Å². The Morgan fingerprint density at radius 2 is 1.40 bits per heavy atom. The van der Waals surface area contributed by atoms with E-state index in [0.717, 1.165) is 5.92 Å². The molecule has 0 spiro atoms. The summed E-state index contributed by atoms with van der Waals surface area (Å²) in [5, 5.41) is 0. The highest BCUT2D eigenvalue weighted by Gasteiger charge is 2.16. The molecule has 0 aliphatic carbocycles. The molecule has 15 heavy (non-hydrogen) atoms. The van der Waals surface area contributed by atoms with Gasteiger partial charge in [-0.2, -0.15) is 0 Å². The van der Waals surface area contributed by atoms with Crippen molar-refractivity contribution in [3.8, 4) is 0 Å². The fourth-order valence-corrected chi connectivity index (χ4v) is 2.81. The topological polar surface area (TPSA) is 6.48 Å². The van der Waals surface area contributed by atoms with E-state index in [0.29, 0.717) is 0 Å². The van der Waals surface area contributed by atoms with Crippen molar-refractivity contribution < 1.29 is 0 Å². The van der Waals surface area contributed by atoms with E-state index in [1.54, 1.807) is 0 Å². The van der Waals surface area contributed by atoms with Crippen LogP contribution in [0, 0.1) is 5.92 Å². The number of hydrogen-bond donors (Lipinski definition) is 0. The third-order valence-corrected chi connectivity index (χ3v) is 4.02. The quantitative estimate of drug-likeness (QED) is 0.702. The molecule has 2 fully saturated rings. The Balaban J connectivity index is 1.53. The largest absolute Gasteiger partial charge is 0.303 e. The highest BCUT2D eigenvalue weighted by Crippen LogP contribution is 2.16. The fraction of sp³-hybridized carbons (Fsp3) is 1.00. The van der Waals surface area contributed by atoms with Gasteiger partial charge in [0.15, 0.2) is 0 Å². The third kappa shape index (κ3) is 3.76. The van der Waals surface area contributed by atoms with E-state index >= 15 is 0 Å². The minimum atomic E-state index is 0.972. The zero-order chi connectivity index (χ0) is 10.5. The van der Waals surface area contributed by atoms with E-state index in [4.69, 9.17) is 0 Å². The average Bonchev–Trinajstić information content (AvgIpc) is 2.74. The van der Waals surface area contributed by atoms with Crippen molar-refractivity contribution in [1.82, 2.24) is 9.80 Å². The summed E-state index contributed by atoms with van der Waals surface area (Å²) in [6.07, 6.45) is 7.09. The van der Waals surface area contributed by atoms with Crippen LogP contribution >= 0.6 is 0 Å². The van der Waals surface area contributed by atoms with Crippen molar-refractivity contribution >= 4 is 0 Å². The Bertz CT molecular complexity index is 167. The van der Waals surface area contributed by atoms with Gasteiger partial charge in [-0.15, -0.1) is 0 Å². The van der Waals surface area contributed by atoms with Crippen LogP contribution in [0.25, 0.3) is 0 Å². The van der Waals surface area contributed by atoms with E-state index < -0.39 is 0 Å². The maximum Gasteiger partial charge on any atom is -0.000654 e. The molecule has 88 valence electrons. The first kappa shape index (κ1) is 11.4. The molecule has 0 N–H and O–H groups in total.